The Morgan fingerprint density at radius 3 is 1.96 bits per heavy atom. The molecule has 0 saturated carbocycles. The normalized spacial score (nSPS) is 14.9. The summed E-state index contributed by atoms with van der Waals surface area (Å²) in [5.41, 5.74) is 19.0. The largest absolute Gasteiger partial charge is 0.394 e. The predicted octanol–water partition coefficient (Wildman–Crippen LogP) is -5.77. The molecule has 14 nitrogen and oxygen atoms in total. The second kappa shape index (κ2) is 10.8. The van der Waals surface area contributed by atoms with Crippen LogP contribution in [0.4, 0.5) is 4.79 Å². The maximum Gasteiger partial charge on any atom is 0.316 e. The lowest BCUT2D eigenvalue weighted by molar-refractivity contribution is -0.132. The van der Waals surface area contributed by atoms with Gasteiger partial charge in [-0.3, -0.25) is 30.0 Å². The fraction of sp³-hybridized carbons (Fsp3) is 0.583. The van der Waals surface area contributed by atoms with Gasteiger partial charge in [-0.05, 0) is 6.92 Å². The third-order valence-corrected chi connectivity index (χ3v) is 2.95. The van der Waals surface area contributed by atoms with Crippen LogP contribution in [0.25, 0.3) is 0 Å². The Morgan fingerprint density at radius 1 is 1.00 bits per heavy atom. The first-order valence-corrected chi connectivity index (χ1v) is 7.28. The number of amides is 6. The molecule has 0 aliphatic carbocycles. The number of hydrogen-bond donors (Lipinski definition) is 9. The number of aliphatic hydroxyl groups excluding tert-OH is 2. The smallest absolute Gasteiger partial charge is 0.316 e. The molecular formula is C12H23N7O7. The van der Waals surface area contributed by atoms with Crippen molar-refractivity contribution in [1.82, 2.24) is 21.5 Å². The number of hydrogen-bond acceptors (Lipinski definition) is 8. The van der Waals surface area contributed by atoms with E-state index in [9.17, 15) is 29.1 Å². The second-order valence-electron chi connectivity index (χ2n) is 5.23. The molecule has 0 saturated heterocycles. The molecule has 0 fully saturated rings. The van der Waals surface area contributed by atoms with Crippen LogP contribution in [0, 0.1) is 0 Å². The van der Waals surface area contributed by atoms with Gasteiger partial charge in [0.25, 0.3) is 11.8 Å². The lowest BCUT2D eigenvalue weighted by atomic mass is 10.1. The summed E-state index contributed by atoms with van der Waals surface area (Å²) in [5, 5.41) is 22.1. The van der Waals surface area contributed by atoms with Crippen molar-refractivity contribution in [3.8, 4) is 0 Å². The molecule has 2 unspecified atom stereocenters. The van der Waals surface area contributed by atoms with E-state index < -0.39 is 66.9 Å². The zero-order valence-electron chi connectivity index (χ0n) is 13.9. The quantitative estimate of drug-likeness (QED) is 0.174. The van der Waals surface area contributed by atoms with Crippen molar-refractivity contribution in [2.75, 3.05) is 6.61 Å². The number of nitrogens with one attached hydrogen (secondary N) is 4. The lowest BCUT2D eigenvalue weighted by Gasteiger charge is -2.22. The highest BCUT2D eigenvalue weighted by molar-refractivity contribution is 5.94. The standard InChI is InChI=1S/C12H23N7O7/c1-4(21)8(9(15)23)17-12(26)16-6(2-7(14)22)11(25)19-18-10(24)5(13)3-20/h4-6,8,20-21H,2-3,13H2,1H3,(H2,14,22)(H2,15,23)(H,18,24)(H,19,25)(H2,16,17,26)/t4?,5-,6?,8-/m0/s1. The first-order chi connectivity index (χ1) is 12.0. The molecule has 4 atom stereocenters. The van der Waals surface area contributed by atoms with E-state index >= 15 is 0 Å². The molecule has 0 radical (unpaired) electrons. The third-order valence-electron chi connectivity index (χ3n) is 2.95. The number of carbonyl (C=O) groups excluding carboxylic acids is 5. The summed E-state index contributed by atoms with van der Waals surface area (Å²) in [4.78, 5) is 57.3. The van der Waals surface area contributed by atoms with Gasteiger partial charge in [-0.25, -0.2) is 4.79 Å². The van der Waals surface area contributed by atoms with E-state index in [0.717, 1.165) is 0 Å². The molecule has 14 heteroatoms. The van der Waals surface area contributed by atoms with Gasteiger partial charge >= 0.3 is 6.03 Å². The minimum Gasteiger partial charge on any atom is -0.394 e. The zero-order valence-corrected chi connectivity index (χ0v) is 13.9. The van der Waals surface area contributed by atoms with Gasteiger partial charge in [-0.15, -0.1) is 0 Å². The van der Waals surface area contributed by atoms with E-state index in [1.165, 1.54) is 6.92 Å². The fourth-order valence-corrected chi connectivity index (χ4v) is 1.57. The van der Waals surface area contributed by atoms with Crippen LogP contribution in [-0.4, -0.2) is 70.7 Å². The van der Waals surface area contributed by atoms with Crippen molar-refractivity contribution in [2.45, 2.75) is 37.6 Å². The fourth-order valence-electron chi connectivity index (χ4n) is 1.57. The van der Waals surface area contributed by atoms with Crippen molar-refractivity contribution in [3.63, 3.8) is 0 Å². The molecule has 0 aromatic carbocycles. The molecule has 0 spiro atoms. The van der Waals surface area contributed by atoms with Crippen LogP contribution in [0.2, 0.25) is 0 Å². The minimum absolute atomic E-state index is 0.642. The van der Waals surface area contributed by atoms with Gasteiger partial charge in [-0.1, -0.05) is 0 Å². The highest BCUT2D eigenvalue weighted by atomic mass is 16.3. The van der Waals surface area contributed by atoms with Gasteiger partial charge < -0.3 is 38.0 Å². The summed E-state index contributed by atoms with van der Waals surface area (Å²) in [7, 11) is 0. The average molecular weight is 377 g/mol. The van der Waals surface area contributed by atoms with Crippen LogP contribution in [0.15, 0.2) is 0 Å². The highest BCUT2D eigenvalue weighted by Gasteiger charge is 2.27. The van der Waals surface area contributed by atoms with Crippen LogP contribution in [0.3, 0.4) is 0 Å². The monoisotopic (exact) mass is 377 g/mol. The molecule has 26 heavy (non-hydrogen) atoms. The Balaban J connectivity index is 4.90. The molecule has 0 aromatic heterocycles. The Bertz CT molecular complexity index is 554. The number of urea groups is 1. The van der Waals surface area contributed by atoms with Gasteiger partial charge in [0.1, 0.15) is 18.1 Å². The van der Waals surface area contributed by atoms with E-state index in [1.807, 2.05) is 21.5 Å². The van der Waals surface area contributed by atoms with Crippen LogP contribution in [-0.2, 0) is 19.2 Å². The Kier molecular flexibility index (Phi) is 9.57. The number of primary amides is 2. The number of hydrazine groups is 1. The molecule has 0 bridgehead atoms. The van der Waals surface area contributed by atoms with Crippen molar-refractivity contribution in [1.29, 1.82) is 0 Å². The average Bonchev–Trinajstić information content (AvgIpc) is 2.54. The summed E-state index contributed by atoms with van der Waals surface area (Å²) in [6.07, 6.45) is -1.96. The van der Waals surface area contributed by atoms with Crippen LogP contribution < -0.4 is 38.7 Å². The van der Waals surface area contributed by atoms with E-state index in [-0.39, 0.29) is 0 Å². The minimum atomic E-state index is -1.53. The molecule has 12 N–H and O–H groups in total. The summed E-state index contributed by atoms with van der Waals surface area (Å²) in [6.45, 7) is 0.518. The first kappa shape index (κ1) is 23.0. The maximum atomic E-state index is 12.0. The number of rotatable bonds is 9. The van der Waals surface area contributed by atoms with Crippen LogP contribution in [0.5, 0.6) is 0 Å². The molecule has 0 aliphatic heterocycles. The molecule has 6 amide bonds. The van der Waals surface area contributed by atoms with E-state index in [4.69, 9.17) is 22.3 Å². The topological polar surface area (TPSA) is 252 Å². The SMILES string of the molecule is CC(O)[C@H](NC(=O)NC(CC(N)=O)C(=O)NNC(=O)[C@@H](N)CO)C(N)=O. The Labute approximate surface area is 147 Å². The van der Waals surface area contributed by atoms with Crippen LogP contribution >= 0.6 is 0 Å². The van der Waals surface area contributed by atoms with Gasteiger partial charge in [0.2, 0.25) is 11.8 Å². The predicted molar refractivity (Wildman–Crippen MR) is 85.3 cm³/mol. The Morgan fingerprint density at radius 2 is 1.54 bits per heavy atom. The van der Waals surface area contributed by atoms with E-state index in [0.29, 0.717) is 0 Å². The van der Waals surface area contributed by atoms with Crippen molar-refractivity contribution < 1.29 is 34.2 Å². The zero-order chi connectivity index (χ0) is 20.4. The lowest BCUT2D eigenvalue weighted by Crippen LogP contribution is -2.59. The van der Waals surface area contributed by atoms with Gasteiger partial charge in [0.15, 0.2) is 0 Å². The van der Waals surface area contributed by atoms with Gasteiger partial charge in [0.05, 0.1) is 19.1 Å². The molecule has 0 aliphatic rings. The van der Waals surface area contributed by atoms with Crippen LogP contribution in [0.1, 0.15) is 13.3 Å². The Hall–Kier alpha value is -2.97. The summed E-state index contributed by atoms with van der Waals surface area (Å²) < 4.78 is 0. The first-order valence-electron chi connectivity index (χ1n) is 7.28. The number of carbonyl (C=O) groups is 5. The highest BCUT2D eigenvalue weighted by Crippen LogP contribution is 1.95. The molecular weight excluding hydrogens is 354 g/mol. The third kappa shape index (κ3) is 8.22. The van der Waals surface area contributed by atoms with Crippen molar-refractivity contribution in [3.05, 3.63) is 0 Å². The van der Waals surface area contributed by atoms with E-state index in [1.54, 1.807) is 0 Å². The van der Waals surface area contributed by atoms with Crippen molar-refractivity contribution in [2.24, 2.45) is 17.2 Å². The molecule has 148 valence electrons. The van der Waals surface area contributed by atoms with E-state index in [2.05, 4.69) is 0 Å². The van der Waals surface area contributed by atoms with Gasteiger partial charge in [0, 0.05) is 0 Å². The second-order valence-corrected chi connectivity index (χ2v) is 5.23. The molecule has 0 aromatic rings. The number of aliphatic hydroxyl groups is 2. The molecule has 0 rings (SSSR count). The van der Waals surface area contributed by atoms with Crippen molar-refractivity contribution >= 4 is 29.7 Å². The summed E-state index contributed by atoms with van der Waals surface area (Å²) >= 11 is 0. The summed E-state index contributed by atoms with van der Waals surface area (Å²) in [6, 6.07) is -5.38. The maximum absolute atomic E-state index is 12.0. The molecule has 0 heterocycles. The summed E-state index contributed by atoms with van der Waals surface area (Å²) in [5.74, 6) is -3.95. The number of nitrogens with two attached hydrogens (primary N) is 3. The van der Waals surface area contributed by atoms with Gasteiger partial charge in [-0.2, -0.15) is 0 Å².